The monoisotopic (exact) mass is 403 g/mol. The summed E-state index contributed by atoms with van der Waals surface area (Å²) in [5.41, 5.74) is 0.353. The van der Waals surface area contributed by atoms with Gasteiger partial charge in [-0.3, -0.25) is 14.4 Å². The summed E-state index contributed by atoms with van der Waals surface area (Å²) in [5.74, 6) is 0.254. The fourth-order valence-electron chi connectivity index (χ4n) is 5.49. The Morgan fingerprint density at radius 3 is 2.50 bits per heavy atom. The van der Waals surface area contributed by atoms with Crippen LogP contribution in [0, 0.1) is 11.8 Å². The van der Waals surface area contributed by atoms with Crippen molar-refractivity contribution in [2.75, 3.05) is 32.7 Å². The van der Waals surface area contributed by atoms with Crippen molar-refractivity contribution < 1.29 is 14.4 Å². The third-order valence-electron chi connectivity index (χ3n) is 6.88. The van der Waals surface area contributed by atoms with Crippen molar-refractivity contribution in [1.82, 2.24) is 14.7 Å². The Balaban J connectivity index is 1.54. The summed E-state index contributed by atoms with van der Waals surface area (Å²) in [4.78, 5) is 43.5. The summed E-state index contributed by atoms with van der Waals surface area (Å²) in [6.45, 7) is 6.66. The molecule has 0 unspecified atom stereocenters. The molecular weight excluding hydrogens is 378 g/mol. The molecule has 28 heavy (non-hydrogen) atoms. The van der Waals surface area contributed by atoms with Gasteiger partial charge in [-0.1, -0.05) is 17.7 Å². The molecule has 0 aromatic heterocycles. The van der Waals surface area contributed by atoms with Gasteiger partial charge in [-0.15, -0.1) is 0 Å². The molecule has 0 bridgehead atoms. The second-order valence-electron chi connectivity index (χ2n) is 8.13. The Morgan fingerprint density at radius 1 is 1.18 bits per heavy atom. The second-order valence-corrected chi connectivity index (χ2v) is 8.56. The number of nitrogens with zero attached hydrogens (tertiary/aromatic N) is 3. The quantitative estimate of drug-likeness (QED) is 0.761. The standard InChI is InChI=1S/C21H26ClN3O3/c1-3-25-20(28)17-12-24(14(2)26)13-18(17)21(25)7-9-23(10-8-21)19(27)15-5-4-6-16(22)11-15/h4-6,11,17-18H,3,7-10,12-13H2,1-2H3/t17-,18+/m0/s1. The summed E-state index contributed by atoms with van der Waals surface area (Å²) in [7, 11) is 0. The molecule has 1 spiro atoms. The van der Waals surface area contributed by atoms with E-state index in [2.05, 4.69) is 0 Å². The van der Waals surface area contributed by atoms with Gasteiger partial charge in [0.1, 0.15) is 0 Å². The minimum Gasteiger partial charge on any atom is -0.342 e. The fourth-order valence-corrected chi connectivity index (χ4v) is 5.68. The van der Waals surface area contributed by atoms with E-state index in [1.54, 1.807) is 31.2 Å². The molecule has 3 aliphatic heterocycles. The van der Waals surface area contributed by atoms with Crippen molar-refractivity contribution in [2.45, 2.75) is 32.2 Å². The van der Waals surface area contributed by atoms with E-state index in [1.807, 2.05) is 21.6 Å². The maximum atomic E-state index is 13.0. The molecule has 3 fully saturated rings. The molecule has 0 radical (unpaired) electrons. The van der Waals surface area contributed by atoms with E-state index in [1.165, 1.54) is 0 Å². The number of hydrogen-bond donors (Lipinski definition) is 0. The van der Waals surface area contributed by atoms with Gasteiger partial charge < -0.3 is 14.7 Å². The fraction of sp³-hybridized carbons (Fsp3) is 0.571. The SMILES string of the molecule is CCN1C(=O)[C@H]2CN(C(C)=O)C[C@H]2C12CCN(C(=O)c1cccc(Cl)c1)CC2. The number of carbonyl (C=O) groups excluding carboxylic acids is 3. The lowest BCUT2D eigenvalue weighted by molar-refractivity contribution is -0.136. The molecule has 1 aromatic carbocycles. The van der Waals surface area contributed by atoms with Crippen molar-refractivity contribution in [3.8, 4) is 0 Å². The predicted molar refractivity (Wildman–Crippen MR) is 106 cm³/mol. The summed E-state index contributed by atoms with van der Waals surface area (Å²) in [6, 6.07) is 7.03. The lowest BCUT2D eigenvalue weighted by atomic mass is 9.74. The van der Waals surface area contributed by atoms with E-state index < -0.39 is 0 Å². The minimum atomic E-state index is -0.244. The van der Waals surface area contributed by atoms with Crippen molar-refractivity contribution in [3.63, 3.8) is 0 Å². The van der Waals surface area contributed by atoms with E-state index in [-0.39, 0.29) is 35.1 Å². The van der Waals surface area contributed by atoms with Crippen LogP contribution in [0.25, 0.3) is 0 Å². The number of amides is 3. The Bertz CT molecular complexity index is 819. The number of piperidine rings is 1. The second kappa shape index (κ2) is 7.07. The highest BCUT2D eigenvalue weighted by atomic mass is 35.5. The number of halogens is 1. The number of hydrogen-bond acceptors (Lipinski definition) is 3. The number of benzene rings is 1. The minimum absolute atomic E-state index is 0.0157. The molecule has 4 rings (SSSR count). The maximum absolute atomic E-state index is 13.0. The van der Waals surface area contributed by atoms with Crippen LogP contribution in [0.5, 0.6) is 0 Å². The molecule has 6 nitrogen and oxygen atoms in total. The zero-order valence-corrected chi connectivity index (χ0v) is 17.1. The number of carbonyl (C=O) groups is 3. The molecule has 3 aliphatic rings. The van der Waals surface area contributed by atoms with E-state index in [4.69, 9.17) is 11.6 Å². The van der Waals surface area contributed by atoms with Crippen LogP contribution in [0.1, 0.15) is 37.0 Å². The molecule has 2 atom stereocenters. The number of fused-ring (bicyclic) bond motifs is 2. The van der Waals surface area contributed by atoms with Crippen LogP contribution in [-0.4, -0.2) is 70.7 Å². The number of likely N-dealkylation sites (tertiary alicyclic amines) is 3. The Labute approximate surface area is 170 Å². The molecule has 150 valence electrons. The third kappa shape index (κ3) is 2.89. The third-order valence-corrected chi connectivity index (χ3v) is 7.12. The molecule has 0 N–H and O–H groups in total. The van der Waals surface area contributed by atoms with Crippen LogP contribution in [0.4, 0.5) is 0 Å². The molecule has 0 saturated carbocycles. The van der Waals surface area contributed by atoms with E-state index >= 15 is 0 Å². The van der Waals surface area contributed by atoms with Crippen LogP contribution in [0.2, 0.25) is 5.02 Å². The van der Waals surface area contributed by atoms with Crippen LogP contribution in [-0.2, 0) is 9.59 Å². The molecule has 1 aromatic rings. The van der Waals surface area contributed by atoms with Gasteiger partial charge >= 0.3 is 0 Å². The largest absolute Gasteiger partial charge is 0.342 e. The van der Waals surface area contributed by atoms with Crippen LogP contribution >= 0.6 is 11.6 Å². The van der Waals surface area contributed by atoms with Crippen molar-refractivity contribution >= 4 is 29.3 Å². The zero-order chi connectivity index (χ0) is 20.1. The zero-order valence-electron chi connectivity index (χ0n) is 16.4. The molecule has 0 aliphatic carbocycles. The summed E-state index contributed by atoms with van der Waals surface area (Å²) in [6.07, 6.45) is 1.51. The van der Waals surface area contributed by atoms with E-state index in [0.717, 1.165) is 12.8 Å². The maximum Gasteiger partial charge on any atom is 0.253 e. The van der Waals surface area contributed by atoms with Crippen molar-refractivity contribution in [1.29, 1.82) is 0 Å². The van der Waals surface area contributed by atoms with Crippen LogP contribution < -0.4 is 0 Å². The first-order valence-electron chi connectivity index (χ1n) is 9.99. The summed E-state index contributed by atoms with van der Waals surface area (Å²) in [5, 5.41) is 0.552. The van der Waals surface area contributed by atoms with E-state index in [9.17, 15) is 14.4 Å². The van der Waals surface area contributed by atoms with Gasteiger partial charge in [-0.05, 0) is 38.0 Å². The highest BCUT2D eigenvalue weighted by Crippen LogP contribution is 2.49. The van der Waals surface area contributed by atoms with E-state index in [0.29, 0.717) is 43.3 Å². The molecular formula is C21H26ClN3O3. The van der Waals surface area contributed by atoms with Gasteiger partial charge in [-0.2, -0.15) is 0 Å². The highest BCUT2D eigenvalue weighted by molar-refractivity contribution is 6.30. The Kier molecular flexibility index (Phi) is 4.86. The van der Waals surface area contributed by atoms with Gasteiger partial charge in [0.2, 0.25) is 11.8 Å². The Morgan fingerprint density at radius 2 is 1.89 bits per heavy atom. The lowest BCUT2D eigenvalue weighted by Gasteiger charge is -2.47. The van der Waals surface area contributed by atoms with Gasteiger partial charge in [0.15, 0.2) is 0 Å². The van der Waals surface area contributed by atoms with Gasteiger partial charge in [0, 0.05) is 56.2 Å². The average molecular weight is 404 g/mol. The van der Waals surface area contributed by atoms with Gasteiger partial charge in [-0.25, -0.2) is 0 Å². The van der Waals surface area contributed by atoms with Crippen LogP contribution in [0.15, 0.2) is 24.3 Å². The summed E-state index contributed by atoms with van der Waals surface area (Å²) >= 11 is 6.03. The first-order chi connectivity index (χ1) is 13.4. The smallest absolute Gasteiger partial charge is 0.253 e. The van der Waals surface area contributed by atoms with Gasteiger partial charge in [0.05, 0.1) is 11.5 Å². The van der Waals surface area contributed by atoms with Crippen LogP contribution in [0.3, 0.4) is 0 Å². The van der Waals surface area contributed by atoms with Crippen molar-refractivity contribution in [3.05, 3.63) is 34.9 Å². The Hall–Kier alpha value is -2.08. The number of rotatable bonds is 2. The first-order valence-corrected chi connectivity index (χ1v) is 10.4. The van der Waals surface area contributed by atoms with Gasteiger partial charge in [0.25, 0.3) is 5.91 Å². The molecule has 7 heteroatoms. The predicted octanol–water partition coefficient (Wildman–Crippen LogP) is 2.27. The summed E-state index contributed by atoms with van der Waals surface area (Å²) < 4.78 is 0. The molecule has 3 amide bonds. The topological polar surface area (TPSA) is 60.9 Å². The van der Waals surface area contributed by atoms with Crippen molar-refractivity contribution in [2.24, 2.45) is 11.8 Å². The lowest BCUT2D eigenvalue weighted by Crippen LogP contribution is -2.58. The highest BCUT2D eigenvalue weighted by Gasteiger charge is 2.61. The molecule has 3 heterocycles. The normalized spacial score (nSPS) is 26.1. The molecule has 3 saturated heterocycles. The average Bonchev–Trinajstić information content (AvgIpc) is 3.21. The first kappa shape index (κ1) is 19.2.